The van der Waals surface area contributed by atoms with Crippen molar-refractivity contribution >= 4 is 5.97 Å². The summed E-state index contributed by atoms with van der Waals surface area (Å²) in [6, 6.07) is 5.63. The van der Waals surface area contributed by atoms with Gasteiger partial charge in [0.1, 0.15) is 0 Å². The normalized spacial score (nSPS) is 18.7. The first-order valence-corrected chi connectivity index (χ1v) is 8.24. The number of aromatic carboxylic acids is 1. The van der Waals surface area contributed by atoms with Gasteiger partial charge in [-0.1, -0.05) is 6.07 Å². The smallest absolute Gasteiger partial charge is 0.335 e. The number of carbonyl (C=O) groups is 1. The van der Waals surface area contributed by atoms with E-state index in [-0.39, 0.29) is 0 Å². The van der Waals surface area contributed by atoms with Crippen molar-refractivity contribution in [3.8, 4) is 0 Å². The molecule has 22 heavy (non-hydrogen) atoms. The molecule has 1 aromatic rings. The minimum atomic E-state index is -0.858. The van der Waals surface area contributed by atoms with E-state index in [1.54, 1.807) is 12.1 Å². The van der Waals surface area contributed by atoms with Crippen LogP contribution in [-0.4, -0.2) is 37.3 Å². The summed E-state index contributed by atoms with van der Waals surface area (Å²) in [5, 5.41) is 19.5. The van der Waals surface area contributed by atoms with Crippen molar-refractivity contribution in [1.82, 2.24) is 16.0 Å². The standard InChI is InChI=1S/C17H27N3O2/c21-17(22)16-10-14-9-15(11-16)13-20-8-4-2-6-18-5-1-3-7-19-12-14/h9-11,18-20H,1-8,12-13H2,(H,21,22). The van der Waals surface area contributed by atoms with Crippen LogP contribution in [0.15, 0.2) is 18.2 Å². The molecule has 2 rings (SSSR count). The minimum Gasteiger partial charge on any atom is -0.478 e. The highest BCUT2D eigenvalue weighted by Gasteiger charge is 2.07. The Hall–Kier alpha value is -1.43. The molecule has 0 aliphatic carbocycles. The van der Waals surface area contributed by atoms with Crippen molar-refractivity contribution in [1.29, 1.82) is 0 Å². The molecule has 1 aliphatic heterocycles. The summed E-state index contributed by atoms with van der Waals surface area (Å²) in [6.07, 6.45) is 4.62. The van der Waals surface area contributed by atoms with Crippen molar-refractivity contribution in [3.05, 3.63) is 34.9 Å². The molecule has 122 valence electrons. The zero-order chi connectivity index (χ0) is 15.6. The van der Waals surface area contributed by atoms with E-state index >= 15 is 0 Å². The van der Waals surface area contributed by atoms with Crippen LogP contribution in [0.2, 0.25) is 0 Å². The van der Waals surface area contributed by atoms with E-state index < -0.39 is 5.97 Å². The van der Waals surface area contributed by atoms with Crippen LogP contribution in [0.4, 0.5) is 0 Å². The van der Waals surface area contributed by atoms with Crippen LogP contribution in [-0.2, 0) is 13.1 Å². The van der Waals surface area contributed by atoms with Crippen LogP contribution in [0.25, 0.3) is 0 Å². The Bertz CT molecular complexity index is 445. The second-order valence-corrected chi connectivity index (χ2v) is 5.86. The fraction of sp³-hybridized carbons (Fsp3) is 0.588. The minimum absolute atomic E-state index is 0.376. The van der Waals surface area contributed by atoms with Gasteiger partial charge >= 0.3 is 5.97 Å². The van der Waals surface area contributed by atoms with Gasteiger partial charge in [0.25, 0.3) is 0 Å². The Kier molecular flexibility index (Phi) is 7.36. The zero-order valence-electron chi connectivity index (χ0n) is 13.2. The van der Waals surface area contributed by atoms with E-state index in [4.69, 9.17) is 0 Å². The lowest BCUT2D eigenvalue weighted by Crippen LogP contribution is -2.22. The third-order valence-corrected chi connectivity index (χ3v) is 3.87. The molecule has 0 radical (unpaired) electrons. The van der Waals surface area contributed by atoms with E-state index in [0.29, 0.717) is 5.56 Å². The molecule has 0 saturated heterocycles. The monoisotopic (exact) mass is 305 g/mol. The Balaban J connectivity index is 2.01. The van der Waals surface area contributed by atoms with Gasteiger partial charge in [-0.05, 0) is 75.1 Å². The van der Waals surface area contributed by atoms with Gasteiger partial charge in [0.15, 0.2) is 0 Å². The first-order chi connectivity index (χ1) is 10.8. The molecule has 1 heterocycles. The number of hydrogen-bond acceptors (Lipinski definition) is 4. The number of nitrogens with one attached hydrogen (secondary N) is 3. The van der Waals surface area contributed by atoms with Gasteiger partial charge in [-0.2, -0.15) is 0 Å². The quantitative estimate of drug-likeness (QED) is 0.636. The number of carboxylic acid groups (broad SMARTS) is 1. The molecular weight excluding hydrogens is 278 g/mol. The summed E-state index contributed by atoms with van der Waals surface area (Å²) in [6.45, 7) is 5.53. The summed E-state index contributed by atoms with van der Waals surface area (Å²) in [5.74, 6) is -0.858. The predicted octanol–water partition coefficient (Wildman–Crippen LogP) is 1.73. The van der Waals surface area contributed by atoms with Crippen LogP contribution >= 0.6 is 0 Å². The van der Waals surface area contributed by atoms with E-state index in [0.717, 1.165) is 63.2 Å². The van der Waals surface area contributed by atoms with Crippen LogP contribution in [0.3, 0.4) is 0 Å². The Labute approximate surface area is 132 Å². The lowest BCUT2D eigenvalue weighted by Gasteiger charge is -2.11. The molecule has 2 bridgehead atoms. The van der Waals surface area contributed by atoms with E-state index in [9.17, 15) is 9.90 Å². The van der Waals surface area contributed by atoms with Crippen molar-refractivity contribution in [2.75, 3.05) is 26.2 Å². The van der Waals surface area contributed by atoms with Crippen molar-refractivity contribution in [3.63, 3.8) is 0 Å². The van der Waals surface area contributed by atoms with Crippen LogP contribution in [0.1, 0.15) is 47.2 Å². The maximum Gasteiger partial charge on any atom is 0.335 e. The van der Waals surface area contributed by atoms with E-state index in [1.807, 2.05) is 0 Å². The molecule has 0 spiro atoms. The highest BCUT2D eigenvalue weighted by molar-refractivity contribution is 5.88. The van der Waals surface area contributed by atoms with Crippen molar-refractivity contribution in [2.24, 2.45) is 0 Å². The van der Waals surface area contributed by atoms with Gasteiger partial charge in [-0.3, -0.25) is 0 Å². The Morgan fingerprint density at radius 2 is 1.23 bits per heavy atom. The average Bonchev–Trinajstić information content (AvgIpc) is 2.50. The molecule has 0 unspecified atom stereocenters. The topological polar surface area (TPSA) is 73.4 Å². The summed E-state index contributed by atoms with van der Waals surface area (Å²) in [7, 11) is 0. The zero-order valence-corrected chi connectivity index (χ0v) is 13.2. The summed E-state index contributed by atoms with van der Waals surface area (Å²) >= 11 is 0. The SMILES string of the molecule is O=C(O)c1cc2cc(c1)CNCCCCNCCCCNC2. The molecule has 0 aromatic heterocycles. The third-order valence-electron chi connectivity index (χ3n) is 3.87. The summed E-state index contributed by atoms with van der Waals surface area (Å²) in [4.78, 5) is 11.3. The molecular formula is C17H27N3O2. The number of rotatable bonds is 1. The fourth-order valence-corrected chi connectivity index (χ4v) is 2.68. The molecule has 0 fully saturated rings. The van der Waals surface area contributed by atoms with Crippen LogP contribution in [0.5, 0.6) is 0 Å². The molecule has 0 amide bonds. The van der Waals surface area contributed by atoms with Crippen molar-refractivity contribution < 1.29 is 9.90 Å². The highest BCUT2D eigenvalue weighted by atomic mass is 16.4. The molecule has 1 aliphatic rings. The van der Waals surface area contributed by atoms with Gasteiger partial charge in [-0.15, -0.1) is 0 Å². The number of fused-ring (bicyclic) bond motifs is 2. The second kappa shape index (κ2) is 9.56. The van der Waals surface area contributed by atoms with Crippen LogP contribution in [0, 0.1) is 0 Å². The first-order valence-electron chi connectivity index (χ1n) is 8.24. The molecule has 0 saturated carbocycles. The number of benzene rings is 1. The van der Waals surface area contributed by atoms with Crippen molar-refractivity contribution in [2.45, 2.75) is 38.8 Å². The largest absolute Gasteiger partial charge is 0.478 e. The Morgan fingerprint density at radius 1 is 0.773 bits per heavy atom. The maximum absolute atomic E-state index is 11.3. The fourth-order valence-electron chi connectivity index (χ4n) is 2.68. The highest BCUT2D eigenvalue weighted by Crippen LogP contribution is 2.11. The van der Waals surface area contributed by atoms with E-state index in [1.165, 1.54) is 12.8 Å². The predicted molar refractivity (Wildman–Crippen MR) is 88.2 cm³/mol. The molecule has 4 N–H and O–H groups in total. The van der Waals surface area contributed by atoms with Gasteiger partial charge in [0.05, 0.1) is 5.56 Å². The number of hydrogen-bond donors (Lipinski definition) is 4. The molecule has 1 aromatic carbocycles. The van der Waals surface area contributed by atoms with E-state index in [2.05, 4.69) is 22.0 Å². The second-order valence-electron chi connectivity index (χ2n) is 5.86. The van der Waals surface area contributed by atoms with Gasteiger partial charge in [0, 0.05) is 13.1 Å². The molecule has 0 atom stereocenters. The summed E-state index contributed by atoms with van der Waals surface area (Å²) < 4.78 is 0. The third kappa shape index (κ3) is 6.13. The van der Waals surface area contributed by atoms with Crippen LogP contribution < -0.4 is 16.0 Å². The molecule has 5 heteroatoms. The van der Waals surface area contributed by atoms with Gasteiger partial charge in [-0.25, -0.2) is 4.79 Å². The first kappa shape index (κ1) is 16.9. The van der Waals surface area contributed by atoms with Gasteiger partial charge < -0.3 is 21.1 Å². The molecule has 5 nitrogen and oxygen atoms in total. The average molecular weight is 305 g/mol. The lowest BCUT2D eigenvalue weighted by atomic mass is 10.1. The Morgan fingerprint density at radius 3 is 1.68 bits per heavy atom. The summed E-state index contributed by atoms with van der Waals surface area (Å²) in [5.41, 5.74) is 2.46. The maximum atomic E-state index is 11.3. The lowest BCUT2D eigenvalue weighted by molar-refractivity contribution is 0.0696. The number of carboxylic acids is 1. The van der Waals surface area contributed by atoms with Gasteiger partial charge in [0.2, 0.25) is 0 Å².